The number of benzene rings is 1. The summed E-state index contributed by atoms with van der Waals surface area (Å²) in [5.41, 5.74) is 1.90. The van der Waals surface area contributed by atoms with Crippen LogP contribution in [-0.2, 0) is 35.0 Å². The van der Waals surface area contributed by atoms with Gasteiger partial charge in [0.05, 0.1) is 26.2 Å². The number of aromatic nitrogens is 1. The molecule has 4 atom stereocenters. The lowest BCUT2D eigenvalue weighted by Crippen LogP contribution is -2.47. The third kappa shape index (κ3) is 7.35. The third-order valence-corrected chi connectivity index (χ3v) is 6.77. The van der Waals surface area contributed by atoms with Gasteiger partial charge in [-0.05, 0) is 38.7 Å². The Labute approximate surface area is 232 Å². The number of aryl methyl sites for hydroxylation is 1. The lowest BCUT2D eigenvalue weighted by Gasteiger charge is -2.30. The molecule has 2 heterocycles. The molecule has 1 amide bonds. The summed E-state index contributed by atoms with van der Waals surface area (Å²) in [6.45, 7) is 4.80. The minimum Gasteiger partial charge on any atom is -0.493 e. The van der Waals surface area contributed by atoms with Crippen LogP contribution in [0.25, 0.3) is 0 Å². The smallest absolute Gasteiger partial charge is 0.331 e. The third-order valence-electron chi connectivity index (χ3n) is 6.77. The van der Waals surface area contributed by atoms with Crippen molar-refractivity contribution in [2.24, 2.45) is 11.8 Å². The molecule has 1 aromatic carbocycles. The number of ether oxygens (including phenoxy) is 5. The first-order valence-electron chi connectivity index (χ1n) is 13.2. The van der Waals surface area contributed by atoms with Crippen LogP contribution in [0.3, 0.4) is 0 Å². The molecule has 1 aromatic heterocycles. The normalized spacial score (nSPS) is 23.1. The van der Waals surface area contributed by atoms with E-state index in [0.29, 0.717) is 6.42 Å². The molecule has 2 aromatic rings. The quantitative estimate of drug-likeness (QED) is 0.484. The summed E-state index contributed by atoms with van der Waals surface area (Å²) < 4.78 is 27.9. The number of carbonyl (C=O) groups is 4. The van der Waals surface area contributed by atoms with Crippen LogP contribution < -0.4 is 14.8 Å². The SMILES string of the molecule is COc1ccnc(C(=O)N[C@H]2COC[C@H](Cc3ccc(C)cc3)[C@@H](OC(=O)C3CC3)[C@H](C)OC2=O)c1OC(C)=O. The maximum atomic E-state index is 13.2. The molecular weight excluding hydrogens is 520 g/mol. The molecule has 1 aliphatic carbocycles. The monoisotopic (exact) mass is 554 g/mol. The van der Waals surface area contributed by atoms with Crippen molar-refractivity contribution in [3.05, 3.63) is 53.3 Å². The van der Waals surface area contributed by atoms with Crippen LogP contribution >= 0.6 is 0 Å². The fourth-order valence-corrected chi connectivity index (χ4v) is 4.48. The van der Waals surface area contributed by atoms with Gasteiger partial charge in [-0.3, -0.25) is 14.4 Å². The Hall–Kier alpha value is -3.99. The van der Waals surface area contributed by atoms with Crippen molar-refractivity contribution in [2.45, 2.75) is 58.3 Å². The van der Waals surface area contributed by atoms with E-state index in [1.165, 1.54) is 26.3 Å². The van der Waals surface area contributed by atoms with Gasteiger partial charge in [0.2, 0.25) is 5.75 Å². The number of esters is 3. The molecule has 1 N–H and O–H groups in total. The Balaban J connectivity index is 1.54. The van der Waals surface area contributed by atoms with Crippen LogP contribution in [0.5, 0.6) is 11.5 Å². The molecule has 0 spiro atoms. The zero-order valence-electron chi connectivity index (χ0n) is 23.0. The number of pyridine rings is 1. The zero-order valence-corrected chi connectivity index (χ0v) is 23.0. The first kappa shape index (κ1) is 29.0. The van der Waals surface area contributed by atoms with E-state index in [0.717, 1.165) is 24.0 Å². The standard InChI is InChI=1S/C29H34N2O9/c1-16-5-7-19(8-6-16)13-21-14-37-15-22(29(35)38-17(2)25(21)40-28(34)20-9-10-20)31-27(33)24-26(39-18(3)32)23(36-4)11-12-30-24/h5-8,11-12,17,20-22,25H,9-10,13-15H2,1-4H3,(H,31,33)/t17-,21-,22-,25-/m0/s1. The largest absolute Gasteiger partial charge is 0.493 e. The Morgan fingerprint density at radius 1 is 1.10 bits per heavy atom. The number of carbonyl (C=O) groups excluding carboxylic acids is 4. The van der Waals surface area contributed by atoms with Crippen molar-refractivity contribution in [3.8, 4) is 11.5 Å². The van der Waals surface area contributed by atoms with Crippen molar-refractivity contribution < 1.29 is 42.9 Å². The van der Waals surface area contributed by atoms with Gasteiger partial charge in [0, 0.05) is 25.1 Å². The maximum absolute atomic E-state index is 13.2. The van der Waals surface area contributed by atoms with Crippen LogP contribution in [0.1, 0.15) is 48.3 Å². The van der Waals surface area contributed by atoms with E-state index in [1.807, 2.05) is 31.2 Å². The Bertz CT molecular complexity index is 1240. The average molecular weight is 555 g/mol. The first-order chi connectivity index (χ1) is 19.2. The second-order valence-corrected chi connectivity index (χ2v) is 10.1. The van der Waals surface area contributed by atoms with E-state index in [1.54, 1.807) is 6.92 Å². The molecule has 214 valence electrons. The van der Waals surface area contributed by atoms with Crippen molar-refractivity contribution in [1.82, 2.24) is 10.3 Å². The maximum Gasteiger partial charge on any atom is 0.331 e. The summed E-state index contributed by atoms with van der Waals surface area (Å²) in [5, 5.41) is 2.57. The van der Waals surface area contributed by atoms with Gasteiger partial charge in [-0.1, -0.05) is 29.8 Å². The second kappa shape index (κ2) is 12.9. The molecule has 11 heteroatoms. The van der Waals surface area contributed by atoms with Gasteiger partial charge in [-0.2, -0.15) is 0 Å². The highest BCUT2D eigenvalue weighted by atomic mass is 16.6. The van der Waals surface area contributed by atoms with Gasteiger partial charge in [0.15, 0.2) is 17.5 Å². The van der Waals surface area contributed by atoms with Gasteiger partial charge in [-0.25, -0.2) is 9.78 Å². The van der Waals surface area contributed by atoms with Crippen LogP contribution in [0.15, 0.2) is 36.5 Å². The van der Waals surface area contributed by atoms with Gasteiger partial charge >= 0.3 is 17.9 Å². The molecule has 1 saturated carbocycles. The van der Waals surface area contributed by atoms with Crippen LogP contribution in [-0.4, -0.2) is 67.4 Å². The first-order valence-corrected chi connectivity index (χ1v) is 13.2. The number of hydrogen-bond acceptors (Lipinski definition) is 10. The van der Waals surface area contributed by atoms with Crippen molar-refractivity contribution in [1.29, 1.82) is 0 Å². The molecular formula is C29H34N2O9. The van der Waals surface area contributed by atoms with E-state index in [9.17, 15) is 19.2 Å². The minimum absolute atomic E-state index is 0.122. The molecule has 11 nitrogen and oxygen atoms in total. The van der Waals surface area contributed by atoms with Crippen LogP contribution in [0.4, 0.5) is 0 Å². The Kier molecular flexibility index (Phi) is 9.36. The highest BCUT2D eigenvalue weighted by molar-refractivity contribution is 5.98. The number of nitrogens with zero attached hydrogens (tertiary/aromatic N) is 1. The second-order valence-electron chi connectivity index (χ2n) is 10.1. The fourth-order valence-electron chi connectivity index (χ4n) is 4.48. The van der Waals surface area contributed by atoms with Gasteiger partial charge < -0.3 is 29.0 Å². The number of hydrogen-bond donors (Lipinski definition) is 1. The molecule has 2 aliphatic rings. The molecule has 0 radical (unpaired) electrons. The molecule has 4 rings (SSSR count). The predicted molar refractivity (Wildman–Crippen MR) is 141 cm³/mol. The Morgan fingerprint density at radius 3 is 2.48 bits per heavy atom. The van der Waals surface area contributed by atoms with Crippen molar-refractivity contribution in [2.75, 3.05) is 20.3 Å². The number of nitrogens with one attached hydrogen (secondary N) is 1. The zero-order chi connectivity index (χ0) is 28.8. The highest BCUT2D eigenvalue weighted by Crippen LogP contribution is 2.33. The van der Waals surface area contributed by atoms with E-state index in [2.05, 4.69) is 10.3 Å². The lowest BCUT2D eigenvalue weighted by molar-refractivity contribution is -0.172. The van der Waals surface area contributed by atoms with Crippen molar-refractivity contribution >= 4 is 23.8 Å². The topological polar surface area (TPSA) is 139 Å². The number of cyclic esters (lactones) is 1. The molecule has 0 bridgehead atoms. The molecule has 1 aliphatic heterocycles. The summed E-state index contributed by atoms with van der Waals surface area (Å²) in [5.74, 6) is -3.04. The van der Waals surface area contributed by atoms with E-state index in [4.69, 9.17) is 23.7 Å². The molecule has 1 saturated heterocycles. The number of rotatable bonds is 8. The lowest BCUT2D eigenvalue weighted by atomic mass is 9.91. The molecule has 0 unspecified atom stereocenters. The average Bonchev–Trinajstić information content (AvgIpc) is 3.76. The van der Waals surface area contributed by atoms with Crippen molar-refractivity contribution in [3.63, 3.8) is 0 Å². The Morgan fingerprint density at radius 2 is 1.82 bits per heavy atom. The molecule has 2 fully saturated rings. The molecule has 40 heavy (non-hydrogen) atoms. The number of amides is 1. The van der Waals surface area contributed by atoms with Crippen LogP contribution in [0.2, 0.25) is 0 Å². The van der Waals surface area contributed by atoms with Gasteiger partial charge in [0.25, 0.3) is 5.91 Å². The van der Waals surface area contributed by atoms with Gasteiger partial charge in [-0.15, -0.1) is 0 Å². The van der Waals surface area contributed by atoms with Gasteiger partial charge in [0.1, 0.15) is 12.2 Å². The highest BCUT2D eigenvalue weighted by Gasteiger charge is 2.40. The van der Waals surface area contributed by atoms with E-state index >= 15 is 0 Å². The summed E-state index contributed by atoms with van der Waals surface area (Å²) in [7, 11) is 1.36. The van der Waals surface area contributed by atoms with Crippen LogP contribution in [0, 0.1) is 18.8 Å². The predicted octanol–water partition coefficient (Wildman–Crippen LogP) is 2.56. The van der Waals surface area contributed by atoms with E-state index in [-0.39, 0.29) is 48.2 Å². The summed E-state index contributed by atoms with van der Waals surface area (Å²) in [4.78, 5) is 54.6. The fraction of sp³-hybridized carbons (Fsp3) is 0.483. The summed E-state index contributed by atoms with van der Waals surface area (Å²) in [6, 6.07) is 8.24. The number of methoxy groups -OCH3 is 1. The minimum atomic E-state index is -1.20. The summed E-state index contributed by atoms with van der Waals surface area (Å²) in [6.07, 6.45) is 1.85. The summed E-state index contributed by atoms with van der Waals surface area (Å²) >= 11 is 0. The van der Waals surface area contributed by atoms with E-state index < -0.39 is 36.1 Å².